The molecule has 4 unspecified atom stereocenters. The fourth-order valence-corrected chi connectivity index (χ4v) is 4.68. The van der Waals surface area contributed by atoms with Crippen molar-refractivity contribution in [1.82, 2.24) is 5.32 Å². The zero-order chi connectivity index (χ0) is 11.0. The Hall–Kier alpha value is 0.0200. The molecule has 0 amide bonds. The van der Waals surface area contributed by atoms with Crippen LogP contribution in [0, 0.1) is 0 Å². The molecule has 0 aliphatic carbocycles. The zero-order valence-corrected chi connectivity index (χ0v) is 9.76. The maximum atomic E-state index is 12.6. The summed E-state index contributed by atoms with van der Waals surface area (Å²) in [7, 11) is 1.66. The molecule has 0 radical (unpaired) electrons. The SMILES string of the molecule is CN=C1NC2C(O)C(O)C(CF)S[C@@H]2S1. The highest BCUT2D eigenvalue weighted by molar-refractivity contribution is 8.25. The summed E-state index contributed by atoms with van der Waals surface area (Å²) in [6, 6.07) is -0.239. The molecule has 0 aromatic rings. The molecule has 2 aliphatic heterocycles. The summed E-state index contributed by atoms with van der Waals surface area (Å²) in [6.07, 6.45) is -1.94. The van der Waals surface area contributed by atoms with Gasteiger partial charge in [0.25, 0.3) is 0 Å². The fraction of sp³-hybridized carbons (Fsp3) is 0.875. The van der Waals surface area contributed by atoms with E-state index in [9.17, 15) is 14.6 Å². The third kappa shape index (κ3) is 1.98. The summed E-state index contributed by atoms with van der Waals surface area (Å²) in [6.45, 7) is -0.620. The van der Waals surface area contributed by atoms with Gasteiger partial charge in [0.05, 0.1) is 22.0 Å². The number of aliphatic hydroxyl groups excluding tert-OH is 2. The lowest BCUT2D eigenvalue weighted by Crippen LogP contribution is -2.55. The maximum absolute atomic E-state index is 12.6. The Morgan fingerprint density at radius 1 is 1.47 bits per heavy atom. The minimum Gasteiger partial charge on any atom is -0.389 e. The van der Waals surface area contributed by atoms with Crippen molar-refractivity contribution < 1.29 is 14.6 Å². The van der Waals surface area contributed by atoms with E-state index in [1.807, 2.05) is 0 Å². The van der Waals surface area contributed by atoms with E-state index in [0.29, 0.717) is 0 Å². The summed E-state index contributed by atoms with van der Waals surface area (Å²) in [4.78, 5) is 3.99. The van der Waals surface area contributed by atoms with Gasteiger partial charge in [-0.1, -0.05) is 11.8 Å². The van der Waals surface area contributed by atoms with Crippen molar-refractivity contribution in [2.75, 3.05) is 13.7 Å². The molecule has 2 rings (SSSR count). The topological polar surface area (TPSA) is 64.9 Å². The molecule has 2 fully saturated rings. The minimum absolute atomic E-state index is 0.0304. The fourth-order valence-electron chi connectivity index (χ4n) is 1.72. The summed E-state index contributed by atoms with van der Waals surface area (Å²) in [5.41, 5.74) is 0. The van der Waals surface area contributed by atoms with Crippen LogP contribution in [0.4, 0.5) is 4.39 Å². The minimum atomic E-state index is -1.01. The number of rotatable bonds is 1. The molecule has 2 heterocycles. The first-order chi connectivity index (χ1) is 7.17. The van der Waals surface area contributed by atoms with Gasteiger partial charge in [0, 0.05) is 7.05 Å². The molecule has 15 heavy (non-hydrogen) atoms. The normalized spacial score (nSPS) is 47.7. The Balaban J connectivity index is 2.13. The van der Waals surface area contributed by atoms with Crippen LogP contribution in [0.1, 0.15) is 0 Å². The molecule has 4 nitrogen and oxygen atoms in total. The Labute approximate surface area is 95.7 Å². The van der Waals surface area contributed by atoms with Gasteiger partial charge < -0.3 is 15.5 Å². The molecule has 0 aromatic heterocycles. The molecule has 0 aromatic carbocycles. The van der Waals surface area contributed by atoms with Crippen LogP contribution in [0.3, 0.4) is 0 Å². The lowest BCUT2D eigenvalue weighted by molar-refractivity contribution is -0.00453. The molecule has 0 saturated carbocycles. The number of alkyl halides is 1. The highest BCUT2D eigenvalue weighted by Crippen LogP contribution is 2.42. The van der Waals surface area contributed by atoms with E-state index in [2.05, 4.69) is 10.3 Å². The number of hydrogen-bond donors (Lipinski definition) is 3. The number of aliphatic imine (C=N–C) groups is 1. The van der Waals surface area contributed by atoms with E-state index in [-0.39, 0.29) is 10.6 Å². The largest absolute Gasteiger partial charge is 0.389 e. The van der Waals surface area contributed by atoms with Crippen LogP contribution in [0.2, 0.25) is 0 Å². The molecule has 5 atom stereocenters. The van der Waals surface area contributed by atoms with Crippen molar-refractivity contribution in [3.63, 3.8) is 0 Å². The number of nitrogens with one attached hydrogen (secondary N) is 1. The van der Waals surface area contributed by atoms with Crippen molar-refractivity contribution in [3.8, 4) is 0 Å². The summed E-state index contributed by atoms with van der Waals surface area (Å²) in [5, 5.41) is 22.7. The number of hydrogen-bond acceptors (Lipinski definition) is 5. The van der Waals surface area contributed by atoms with Crippen molar-refractivity contribution in [3.05, 3.63) is 0 Å². The van der Waals surface area contributed by atoms with Gasteiger partial charge in [-0.05, 0) is 0 Å². The third-order valence-electron chi connectivity index (χ3n) is 2.57. The van der Waals surface area contributed by atoms with Gasteiger partial charge in [-0.2, -0.15) is 0 Å². The standard InChI is InChI=1S/C8H13FN2O2S2/c1-10-8-11-4-6(13)5(12)3(2-9)14-7(4)15-8/h3-7,12-13H,2H2,1H3,(H,10,11)/t3?,4?,5?,6?,7-/m1/s1. The smallest absolute Gasteiger partial charge is 0.157 e. The second kappa shape index (κ2) is 4.48. The van der Waals surface area contributed by atoms with Crippen LogP contribution in [0.25, 0.3) is 0 Å². The van der Waals surface area contributed by atoms with Crippen LogP contribution in [-0.2, 0) is 0 Å². The first-order valence-corrected chi connectivity index (χ1v) is 6.47. The molecular formula is C8H13FN2O2S2. The van der Waals surface area contributed by atoms with Crippen LogP contribution in [0.15, 0.2) is 4.99 Å². The van der Waals surface area contributed by atoms with E-state index >= 15 is 0 Å². The van der Waals surface area contributed by atoms with Crippen molar-refractivity contribution in [1.29, 1.82) is 0 Å². The van der Waals surface area contributed by atoms with Crippen molar-refractivity contribution >= 4 is 28.7 Å². The van der Waals surface area contributed by atoms with Gasteiger partial charge in [-0.15, -0.1) is 11.8 Å². The molecule has 2 aliphatic rings. The quantitative estimate of drug-likeness (QED) is 0.604. The number of halogens is 1. The van der Waals surface area contributed by atoms with Crippen LogP contribution < -0.4 is 5.32 Å². The molecule has 2 saturated heterocycles. The molecule has 3 N–H and O–H groups in total. The Kier molecular flexibility index (Phi) is 3.44. The average molecular weight is 252 g/mol. The molecule has 86 valence electrons. The van der Waals surface area contributed by atoms with Crippen molar-refractivity contribution in [2.45, 2.75) is 28.1 Å². The Morgan fingerprint density at radius 2 is 2.20 bits per heavy atom. The van der Waals surface area contributed by atoms with Crippen LogP contribution in [-0.4, -0.2) is 57.2 Å². The van der Waals surface area contributed by atoms with Gasteiger partial charge >= 0.3 is 0 Å². The number of amidine groups is 1. The number of aliphatic hydroxyl groups is 2. The predicted molar refractivity (Wildman–Crippen MR) is 61.0 cm³/mol. The second-order valence-corrected chi connectivity index (χ2v) is 6.31. The number of nitrogens with zero attached hydrogens (tertiary/aromatic N) is 1. The number of thioether (sulfide) groups is 2. The Bertz CT molecular complexity index is 279. The maximum Gasteiger partial charge on any atom is 0.157 e. The molecule has 0 bridgehead atoms. The summed E-state index contributed by atoms with van der Waals surface area (Å²) >= 11 is 2.85. The number of fused-ring (bicyclic) bond motifs is 1. The molecule has 7 heteroatoms. The van der Waals surface area contributed by atoms with Gasteiger partial charge in [0.15, 0.2) is 5.17 Å². The first kappa shape index (κ1) is 11.5. The summed E-state index contributed by atoms with van der Waals surface area (Å²) < 4.78 is 12.6. The second-order valence-electron chi connectivity index (χ2n) is 3.50. The monoisotopic (exact) mass is 252 g/mol. The third-order valence-corrected chi connectivity index (χ3v) is 5.56. The van der Waals surface area contributed by atoms with Gasteiger partial charge in [0.2, 0.25) is 0 Å². The van der Waals surface area contributed by atoms with E-state index in [1.54, 1.807) is 7.05 Å². The van der Waals surface area contributed by atoms with E-state index in [4.69, 9.17) is 0 Å². The van der Waals surface area contributed by atoms with Crippen LogP contribution >= 0.6 is 23.5 Å². The van der Waals surface area contributed by atoms with Crippen molar-refractivity contribution in [2.24, 2.45) is 4.99 Å². The lowest BCUT2D eigenvalue weighted by atomic mass is 10.0. The lowest BCUT2D eigenvalue weighted by Gasteiger charge is -2.37. The van der Waals surface area contributed by atoms with Gasteiger partial charge in [-0.3, -0.25) is 4.99 Å². The highest BCUT2D eigenvalue weighted by atomic mass is 32.2. The Morgan fingerprint density at radius 3 is 2.80 bits per heavy atom. The van der Waals surface area contributed by atoms with E-state index in [0.717, 1.165) is 5.17 Å². The average Bonchev–Trinajstić information content (AvgIpc) is 2.66. The van der Waals surface area contributed by atoms with Gasteiger partial charge in [-0.25, -0.2) is 4.39 Å². The predicted octanol–water partition coefficient (Wildman–Crippen LogP) is -0.190. The van der Waals surface area contributed by atoms with E-state index < -0.39 is 24.1 Å². The highest BCUT2D eigenvalue weighted by Gasteiger charge is 2.48. The first-order valence-electron chi connectivity index (χ1n) is 4.65. The van der Waals surface area contributed by atoms with Gasteiger partial charge in [0.1, 0.15) is 12.8 Å². The van der Waals surface area contributed by atoms with Crippen LogP contribution in [0.5, 0.6) is 0 Å². The molecular weight excluding hydrogens is 239 g/mol. The summed E-state index contributed by atoms with van der Waals surface area (Å²) in [5.74, 6) is 0. The molecule has 0 spiro atoms. The van der Waals surface area contributed by atoms with E-state index in [1.165, 1.54) is 23.5 Å². The zero-order valence-electron chi connectivity index (χ0n) is 8.13.